The van der Waals surface area contributed by atoms with Gasteiger partial charge in [-0.3, -0.25) is 14.4 Å². The van der Waals surface area contributed by atoms with Crippen LogP contribution in [0.5, 0.6) is 17.2 Å². The second kappa shape index (κ2) is 14.6. The van der Waals surface area contributed by atoms with Crippen molar-refractivity contribution in [2.45, 2.75) is 58.7 Å². The standard InChI is InChI=1S/C37H44N4O6/c1-7-22(2)34(37(44)38-17-19-41-18-16-24-10-8-9-11-30(24)41)40-29-15-13-26-27(21-31(29)43)28(39-23(3)42)14-12-25-20-32(45-4)35(46-5)36(47-6)33(25)26/h8-11,13,15-16,18,20-22,28,34H,7,12,14,17,19H2,1-6H3,(H,38,44)(H,39,42)(H,40,43)/t22-,28+,34+/m1/s1. The van der Waals surface area contributed by atoms with Crippen LogP contribution in [-0.2, 0) is 22.6 Å². The lowest BCUT2D eigenvalue weighted by molar-refractivity contribution is -0.123. The van der Waals surface area contributed by atoms with Gasteiger partial charge in [0.1, 0.15) is 6.04 Å². The lowest BCUT2D eigenvalue weighted by atomic mass is 9.95. The Balaban J connectivity index is 1.50. The fraction of sp³-hybridized carbons (Fsp3) is 0.378. The first-order valence-corrected chi connectivity index (χ1v) is 16.1. The van der Waals surface area contributed by atoms with E-state index in [0.29, 0.717) is 48.7 Å². The third-order valence-corrected chi connectivity index (χ3v) is 9.05. The first-order chi connectivity index (χ1) is 22.7. The largest absolute Gasteiger partial charge is 0.493 e. The van der Waals surface area contributed by atoms with Crippen LogP contribution >= 0.6 is 0 Å². The number of para-hydroxylation sites is 1. The molecule has 2 amide bonds. The minimum absolute atomic E-state index is 0.0604. The van der Waals surface area contributed by atoms with Gasteiger partial charge in [0.05, 0.1) is 33.1 Å². The lowest BCUT2D eigenvalue weighted by Gasteiger charge is -2.24. The molecule has 0 bridgehead atoms. The number of methoxy groups -OCH3 is 3. The van der Waals surface area contributed by atoms with E-state index in [4.69, 9.17) is 14.2 Å². The molecule has 1 heterocycles. The van der Waals surface area contributed by atoms with Crippen molar-refractivity contribution in [3.8, 4) is 28.4 Å². The van der Waals surface area contributed by atoms with E-state index in [0.717, 1.165) is 34.0 Å². The van der Waals surface area contributed by atoms with Gasteiger partial charge in [-0.25, -0.2) is 0 Å². The molecule has 10 heteroatoms. The maximum atomic E-state index is 13.9. The van der Waals surface area contributed by atoms with E-state index < -0.39 is 12.1 Å². The second-order valence-electron chi connectivity index (χ2n) is 12.0. The summed E-state index contributed by atoms with van der Waals surface area (Å²) in [5.74, 6) is 1.01. The summed E-state index contributed by atoms with van der Waals surface area (Å²) < 4.78 is 19.3. The van der Waals surface area contributed by atoms with Gasteiger partial charge in [0.15, 0.2) is 11.5 Å². The summed E-state index contributed by atoms with van der Waals surface area (Å²) in [5, 5.41) is 10.5. The van der Waals surface area contributed by atoms with Gasteiger partial charge in [0.25, 0.3) is 0 Å². The normalized spacial score (nSPS) is 15.0. The Hall–Kier alpha value is -4.99. The number of carbonyl (C=O) groups excluding carboxylic acids is 2. The van der Waals surface area contributed by atoms with Crippen LogP contribution in [0.2, 0.25) is 0 Å². The van der Waals surface area contributed by atoms with E-state index in [2.05, 4.69) is 38.7 Å². The molecule has 1 aromatic heterocycles. The van der Waals surface area contributed by atoms with Gasteiger partial charge in [-0.1, -0.05) is 44.5 Å². The molecule has 0 aliphatic heterocycles. The quantitative estimate of drug-likeness (QED) is 0.188. The van der Waals surface area contributed by atoms with Crippen molar-refractivity contribution in [3.63, 3.8) is 0 Å². The molecule has 0 fully saturated rings. The molecule has 248 valence electrons. The zero-order chi connectivity index (χ0) is 33.7. The summed E-state index contributed by atoms with van der Waals surface area (Å²) in [7, 11) is 4.69. The van der Waals surface area contributed by atoms with E-state index in [1.807, 2.05) is 44.3 Å². The Bertz CT molecular complexity index is 1830. The summed E-state index contributed by atoms with van der Waals surface area (Å²) in [6.07, 6.45) is 3.91. The monoisotopic (exact) mass is 640 g/mol. The smallest absolute Gasteiger partial charge is 0.242 e. The highest BCUT2D eigenvalue weighted by molar-refractivity contribution is 5.86. The number of amides is 2. The molecule has 3 N–H and O–H groups in total. The van der Waals surface area contributed by atoms with Gasteiger partial charge in [-0.15, -0.1) is 0 Å². The molecular weight excluding hydrogens is 596 g/mol. The molecule has 3 atom stereocenters. The number of aryl methyl sites for hydroxylation is 1. The molecule has 0 unspecified atom stereocenters. The predicted octanol–water partition coefficient (Wildman–Crippen LogP) is 5.46. The van der Waals surface area contributed by atoms with Gasteiger partial charge in [0.2, 0.25) is 23.0 Å². The highest BCUT2D eigenvalue weighted by Crippen LogP contribution is 2.50. The molecule has 4 aromatic rings. The summed E-state index contributed by atoms with van der Waals surface area (Å²) in [6, 6.07) is 16.2. The topological polar surface area (TPSA) is 120 Å². The number of nitrogens with zero attached hydrogens (tertiary/aromatic N) is 1. The number of ether oxygens (including phenoxy) is 3. The van der Waals surface area contributed by atoms with Crippen LogP contribution in [0.15, 0.2) is 65.6 Å². The number of rotatable bonds is 12. The average Bonchev–Trinajstić information content (AvgIpc) is 3.34. The van der Waals surface area contributed by atoms with E-state index in [9.17, 15) is 14.4 Å². The first kappa shape index (κ1) is 33.4. The molecule has 1 aliphatic rings. The van der Waals surface area contributed by atoms with Crippen molar-refractivity contribution >= 4 is 28.4 Å². The van der Waals surface area contributed by atoms with Crippen molar-refractivity contribution in [3.05, 3.63) is 82.1 Å². The molecule has 47 heavy (non-hydrogen) atoms. The Morgan fingerprint density at radius 3 is 2.47 bits per heavy atom. The van der Waals surface area contributed by atoms with Crippen LogP contribution in [0.25, 0.3) is 22.0 Å². The lowest BCUT2D eigenvalue weighted by Crippen LogP contribution is -2.45. The van der Waals surface area contributed by atoms with E-state index in [-0.39, 0.29) is 28.8 Å². The van der Waals surface area contributed by atoms with Crippen LogP contribution in [0.3, 0.4) is 0 Å². The van der Waals surface area contributed by atoms with Crippen molar-refractivity contribution < 1.29 is 23.8 Å². The summed E-state index contributed by atoms with van der Waals surface area (Å²) >= 11 is 0. The third kappa shape index (κ3) is 6.91. The number of fused-ring (bicyclic) bond motifs is 4. The van der Waals surface area contributed by atoms with Crippen LogP contribution in [-0.4, -0.2) is 50.3 Å². The summed E-state index contributed by atoms with van der Waals surface area (Å²) in [4.78, 5) is 39.8. The van der Waals surface area contributed by atoms with Crippen molar-refractivity contribution in [2.24, 2.45) is 5.92 Å². The van der Waals surface area contributed by atoms with Gasteiger partial charge >= 0.3 is 0 Å². The minimum Gasteiger partial charge on any atom is -0.493 e. The fourth-order valence-electron chi connectivity index (χ4n) is 6.44. The molecule has 1 aliphatic carbocycles. The van der Waals surface area contributed by atoms with Gasteiger partial charge in [-0.2, -0.15) is 0 Å². The number of hydrogen-bond donors (Lipinski definition) is 3. The van der Waals surface area contributed by atoms with Crippen LogP contribution in [0.1, 0.15) is 50.8 Å². The average molecular weight is 641 g/mol. The van der Waals surface area contributed by atoms with Crippen LogP contribution in [0.4, 0.5) is 5.69 Å². The van der Waals surface area contributed by atoms with Crippen molar-refractivity contribution in [1.29, 1.82) is 0 Å². The molecule has 0 saturated heterocycles. The molecular formula is C37H44N4O6. The molecule has 5 rings (SSSR count). The fourth-order valence-corrected chi connectivity index (χ4v) is 6.44. The SMILES string of the molecule is CC[C@@H](C)[C@H](Nc1ccc2c(cc1=O)[C@@H](NC(C)=O)CCc1cc(OC)c(OC)c(OC)c1-2)C(=O)NCCn1ccc2ccccc21. The predicted molar refractivity (Wildman–Crippen MR) is 184 cm³/mol. The van der Waals surface area contributed by atoms with Crippen LogP contribution < -0.4 is 35.6 Å². The zero-order valence-corrected chi connectivity index (χ0v) is 27.9. The third-order valence-electron chi connectivity index (χ3n) is 9.05. The van der Waals surface area contributed by atoms with Crippen LogP contribution in [0, 0.1) is 5.92 Å². The number of aromatic nitrogens is 1. The highest BCUT2D eigenvalue weighted by atomic mass is 16.5. The minimum atomic E-state index is -0.645. The summed E-state index contributed by atoms with van der Waals surface area (Å²) in [5.41, 5.74) is 4.20. The highest BCUT2D eigenvalue weighted by Gasteiger charge is 2.30. The summed E-state index contributed by atoms with van der Waals surface area (Å²) in [6.45, 7) is 6.53. The Labute approximate surface area is 275 Å². The van der Waals surface area contributed by atoms with Crippen molar-refractivity contribution in [2.75, 3.05) is 33.2 Å². The molecule has 0 saturated carbocycles. The zero-order valence-electron chi connectivity index (χ0n) is 27.9. The maximum absolute atomic E-state index is 13.9. The second-order valence-corrected chi connectivity index (χ2v) is 12.0. The Kier molecular flexibility index (Phi) is 10.4. The van der Waals surface area contributed by atoms with E-state index >= 15 is 0 Å². The van der Waals surface area contributed by atoms with Gasteiger partial charge < -0.3 is 34.7 Å². The number of nitrogens with one attached hydrogen (secondary N) is 3. The maximum Gasteiger partial charge on any atom is 0.242 e. The first-order valence-electron chi connectivity index (χ1n) is 16.1. The number of anilines is 1. The number of carbonyl (C=O) groups is 2. The molecule has 3 aromatic carbocycles. The van der Waals surface area contributed by atoms with Gasteiger partial charge in [-0.05, 0) is 71.2 Å². The molecule has 0 radical (unpaired) electrons. The number of benzene rings is 2. The van der Waals surface area contributed by atoms with E-state index in [1.165, 1.54) is 6.92 Å². The van der Waals surface area contributed by atoms with Gasteiger partial charge in [0, 0.05) is 37.3 Å². The van der Waals surface area contributed by atoms with Crippen molar-refractivity contribution in [1.82, 2.24) is 15.2 Å². The Morgan fingerprint density at radius 1 is 1.00 bits per heavy atom. The number of hydrogen-bond acceptors (Lipinski definition) is 7. The molecule has 0 spiro atoms. The molecule has 10 nitrogen and oxygen atoms in total. The Morgan fingerprint density at radius 2 is 1.77 bits per heavy atom. The van der Waals surface area contributed by atoms with E-state index in [1.54, 1.807) is 33.5 Å².